The lowest BCUT2D eigenvalue weighted by atomic mass is 9.79. The van der Waals surface area contributed by atoms with E-state index in [4.69, 9.17) is 0 Å². The van der Waals surface area contributed by atoms with Crippen LogP contribution in [0.1, 0.15) is 72.1 Å². The minimum Gasteiger partial charge on any atom is -0.392 e. The van der Waals surface area contributed by atoms with Crippen molar-refractivity contribution in [2.24, 2.45) is 22.2 Å². The number of carbonyl (C=O) groups excluding carboxylic acids is 1. The summed E-state index contributed by atoms with van der Waals surface area (Å²) in [5.41, 5.74) is -0.147. The highest BCUT2D eigenvalue weighted by molar-refractivity contribution is 7.96. The summed E-state index contributed by atoms with van der Waals surface area (Å²) in [5.74, 6) is -0.263. The summed E-state index contributed by atoms with van der Waals surface area (Å²) in [4.78, 5) is 15.7. The molecule has 5 nitrogen and oxygen atoms in total. The van der Waals surface area contributed by atoms with Crippen LogP contribution in [0.15, 0.2) is 17.1 Å². The lowest BCUT2D eigenvalue weighted by Gasteiger charge is -2.29. The average Bonchev–Trinajstić information content (AvgIpc) is 3.09. The van der Waals surface area contributed by atoms with E-state index in [1.54, 1.807) is 6.08 Å². The van der Waals surface area contributed by atoms with Gasteiger partial charge < -0.3 is 10.2 Å². The maximum Gasteiger partial charge on any atom is 0.185 e. The predicted molar refractivity (Wildman–Crippen MR) is 114 cm³/mol. The molecule has 5 unspecified atom stereocenters. The number of aliphatic hydroxyl groups excluding tert-OH is 2. The Morgan fingerprint density at radius 2 is 2.21 bits per heavy atom. The van der Waals surface area contributed by atoms with Gasteiger partial charge in [0.1, 0.15) is 0 Å². The van der Waals surface area contributed by atoms with Gasteiger partial charge in [0.05, 0.1) is 18.3 Å². The number of hydrogen-bond acceptors (Lipinski definition) is 5. The van der Waals surface area contributed by atoms with E-state index in [2.05, 4.69) is 44.5 Å². The van der Waals surface area contributed by atoms with Crippen LogP contribution in [0.2, 0.25) is 0 Å². The highest BCUT2D eigenvalue weighted by Crippen LogP contribution is 2.50. The Bertz CT molecular complexity index is 667. The molecule has 1 heterocycles. The molecule has 1 aliphatic heterocycles. The maximum absolute atomic E-state index is 11.0. The lowest BCUT2D eigenvalue weighted by Crippen LogP contribution is -2.29. The van der Waals surface area contributed by atoms with E-state index < -0.39 is 17.7 Å². The molecule has 5 atom stereocenters. The average molecular weight is 407 g/mol. The number of unbranched alkanes of at least 4 members (excludes halogenated alkanes) is 1. The maximum atomic E-state index is 11.0. The Morgan fingerprint density at radius 1 is 1.50 bits per heavy atom. The topological polar surface area (TPSA) is 93.7 Å². The highest BCUT2D eigenvalue weighted by Gasteiger charge is 2.56. The first-order valence-corrected chi connectivity index (χ1v) is 10.8. The van der Waals surface area contributed by atoms with E-state index >= 15 is 0 Å². The number of aliphatic hydroxyl groups is 2. The molecule has 156 valence electrons. The molecule has 1 aliphatic carbocycles. The van der Waals surface area contributed by atoms with E-state index in [-0.39, 0.29) is 22.4 Å². The van der Waals surface area contributed by atoms with Crippen molar-refractivity contribution < 1.29 is 15.0 Å². The van der Waals surface area contributed by atoms with Crippen LogP contribution in [0.5, 0.6) is 0 Å². The third-order valence-corrected chi connectivity index (χ3v) is 6.62. The van der Waals surface area contributed by atoms with Gasteiger partial charge in [-0.1, -0.05) is 45.8 Å². The second kappa shape index (κ2) is 9.56. The molecule has 2 aliphatic rings. The van der Waals surface area contributed by atoms with Gasteiger partial charge in [0, 0.05) is 30.4 Å². The molecule has 0 aromatic rings. The molecule has 1 fully saturated rings. The van der Waals surface area contributed by atoms with Crippen LogP contribution >= 0.6 is 12.6 Å². The zero-order valence-corrected chi connectivity index (χ0v) is 18.2. The summed E-state index contributed by atoms with van der Waals surface area (Å²) in [5, 5.41) is 30.9. The van der Waals surface area contributed by atoms with Crippen molar-refractivity contribution in [2.75, 3.05) is 0 Å². The van der Waals surface area contributed by atoms with E-state index in [1.165, 1.54) is 0 Å². The van der Waals surface area contributed by atoms with Crippen molar-refractivity contribution >= 4 is 23.5 Å². The van der Waals surface area contributed by atoms with E-state index in [0.29, 0.717) is 32.1 Å². The van der Waals surface area contributed by atoms with Crippen LogP contribution < -0.4 is 0 Å². The summed E-state index contributed by atoms with van der Waals surface area (Å²) in [7, 11) is 0. The van der Waals surface area contributed by atoms with E-state index in [9.17, 15) is 20.3 Å². The molecule has 0 bridgehead atoms. The Hall–Kier alpha value is -1.16. The number of thiol groups is 1. The normalized spacial score (nSPS) is 30.9. The van der Waals surface area contributed by atoms with Crippen molar-refractivity contribution in [3.8, 4) is 6.07 Å². The summed E-state index contributed by atoms with van der Waals surface area (Å²) in [6, 6.07) is 2.35. The van der Waals surface area contributed by atoms with Gasteiger partial charge in [0.2, 0.25) is 0 Å². The third-order valence-electron chi connectivity index (χ3n) is 6.40. The van der Waals surface area contributed by atoms with Gasteiger partial charge in [0.25, 0.3) is 0 Å². The fourth-order valence-corrected chi connectivity index (χ4v) is 4.66. The van der Waals surface area contributed by atoms with Crippen LogP contribution in [0.3, 0.4) is 0 Å². The Balaban J connectivity index is 2.07. The van der Waals surface area contributed by atoms with Gasteiger partial charge in [-0.25, -0.2) is 0 Å². The third kappa shape index (κ3) is 5.25. The highest BCUT2D eigenvalue weighted by atomic mass is 32.1. The molecule has 6 heteroatoms. The van der Waals surface area contributed by atoms with Crippen molar-refractivity contribution in [2.45, 2.75) is 89.9 Å². The molecular formula is C22H34N2O3S. The fourth-order valence-electron chi connectivity index (χ4n) is 4.50. The number of carbonyl (C=O) groups is 1. The molecule has 0 radical (unpaired) electrons. The summed E-state index contributed by atoms with van der Waals surface area (Å²) in [6.45, 7) is 6.25. The van der Waals surface area contributed by atoms with Crippen LogP contribution in [0.25, 0.3) is 0 Å². The predicted octanol–water partition coefficient (Wildman–Crippen LogP) is 3.85. The fraction of sp³-hybridized carbons (Fsp3) is 0.773. The first-order chi connectivity index (χ1) is 13.1. The van der Waals surface area contributed by atoms with Crippen LogP contribution in [-0.2, 0) is 4.79 Å². The molecule has 2 N–H and O–H groups in total. The van der Waals surface area contributed by atoms with E-state index in [0.717, 1.165) is 25.0 Å². The second-order valence-electron chi connectivity index (χ2n) is 9.04. The van der Waals surface area contributed by atoms with Gasteiger partial charge in [-0.15, -0.1) is 12.6 Å². The van der Waals surface area contributed by atoms with Crippen molar-refractivity contribution in [1.29, 1.82) is 5.26 Å². The monoisotopic (exact) mass is 406 g/mol. The van der Waals surface area contributed by atoms with Crippen molar-refractivity contribution in [3.63, 3.8) is 0 Å². The standard InChI is InChI=1S/C22H34N2O3S/c1-4-5-11-21(2,3)19(26)10-9-16-17-12-15(7-6-8-20(27)28)24-22(17,14-23)13-18(16)25/h9-10,16-19,25-26H,4-8,11-13H2,1-3H3,(H,27,28)/b10-9+. The van der Waals surface area contributed by atoms with Gasteiger partial charge in [-0.05, 0) is 31.1 Å². The first kappa shape index (κ1) is 23.1. The Morgan fingerprint density at radius 3 is 2.82 bits per heavy atom. The molecule has 0 saturated heterocycles. The summed E-state index contributed by atoms with van der Waals surface area (Å²) < 4.78 is 0. The van der Waals surface area contributed by atoms with Crippen molar-refractivity contribution in [3.05, 3.63) is 12.2 Å². The molecule has 0 spiro atoms. The van der Waals surface area contributed by atoms with E-state index in [1.807, 2.05) is 6.08 Å². The number of hydrogen-bond donors (Lipinski definition) is 3. The van der Waals surface area contributed by atoms with Gasteiger partial charge >= 0.3 is 0 Å². The second-order valence-corrected chi connectivity index (χ2v) is 9.54. The minimum absolute atomic E-state index is 0.0728. The van der Waals surface area contributed by atoms with Gasteiger partial charge in [0.15, 0.2) is 10.7 Å². The smallest absolute Gasteiger partial charge is 0.185 e. The number of aliphatic imine (C=N–C) groups is 1. The van der Waals surface area contributed by atoms with Crippen molar-refractivity contribution in [1.82, 2.24) is 0 Å². The number of nitrogens with zero attached hydrogens (tertiary/aromatic N) is 2. The van der Waals surface area contributed by atoms with Crippen LogP contribution in [-0.4, -0.2) is 38.8 Å². The SMILES string of the molecule is CCCCC(C)(C)C(O)/C=C/C1C(O)CC2(C#N)N=C(CCCC(=O)S)CC12. The van der Waals surface area contributed by atoms with Crippen LogP contribution in [0, 0.1) is 28.6 Å². The zero-order valence-electron chi connectivity index (χ0n) is 17.3. The summed E-state index contributed by atoms with van der Waals surface area (Å²) >= 11 is 3.79. The zero-order chi connectivity index (χ0) is 20.9. The molecule has 28 heavy (non-hydrogen) atoms. The molecular weight excluding hydrogens is 372 g/mol. The number of rotatable bonds is 10. The Kier molecular flexibility index (Phi) is 7.89. The van der Waals surface area contributed by atoms with Gasteiger partial charge in [-0.3, -0.25) is 9.79 Å². The van der Waals surface area contributed by atoms with Gasteiger partial charge in [-0.2, -0.15) is 5.26 Å². The lowest BCUT2D eigenvalue weighted by molar-refractivity contribution is -0.110. The van der Waals surface area contributed by atoms with Crippen LogP contribution in [0.4, 0.5) is 0 Å². The molecule has 0 amide bonds. The molecule has 1 saturated carbocycles. The first-order valence-electron chi connectivity index (χ1n) is 10.4. The summed E-state index contributed by atoms with van der Waals surface area (Å²) in [6.07, 6.45) is 8.34. The largest absolute Gasteiger partial charge is 0.392 e. The number of fused-ring (bicyclic) bond motifs is 1. The molecule has 2 rings (SSSR count). The molecule has 0 aromatic heterocycles. The quantitative estimate of drug-likeness (QED) is 0.379. The Labute approximate surface area is 174 Å². The number of nitriles is 1. The molecule has 0 aromatic carbocycles. The minimum atomic E-state index is -0.878.